The third-order valence-corrected chi connectivity index (χ3v) is 4.21. The van der Waals surface area contributed by atoms with Crippen LogP contribution in [0.4, 0.5) is 0 Å². The van der Waals surface area contributed by atoms with Gasteiger partial charge in [0.1, 0.15) is 5.69 Å². The predicted octanol–water partition coefficient (Wildman–Crippen LogP) is 3.65. The molecule has 0 fully saturated rings. The Morgan fingerprint density at radius 2 is 1.88 bits per heavy atom. The van der Waals surface area contributed by atoms with E-state index in [1.165, 1.54) is 0 Å². The van der Waals surface area contributed by atoms with E-state index in [9.17, 15) is 9.90 Å². The molecule has 136 valence electrons. The van der Waals surface area contributed by atoms with Crippen LogP contribution >= 0.6 is 0 Å². The zero-order valence-electron chi connectivity index (χ0n) is 15.1. The van der Waals surface area contributed by atoms with Crippen LogP contribution in [0.1, 0.15) is 59.3 Å². The van der Waals surface area contributed by atoms with Gasteiger partial charge < -0.3 is 19.2 Å². The summed E-state index contributed by atoms with van der Waals surface area (Å²) in [5.41, 5.74) is 3.22. The van der Waals surface area contributed by atoms with Gasteiger partial charge in [-0.3, -0.25) is 0 Å². The first-order valence-corrected chi connectivity index (χ1v) is 8.35. The van der Waals surface area contributed by atoms with E-state index < -0.39 is 18.2 Å². The fourth-order valence-electron chi connectivity index (χ4n) is 2.96. The van der Waals surface area contributed by atoms with Crippen molar-refractivity contribution < 1.29 is 19.1 Å². The first-order chi connectivity index (χ1) is 12.4. The summed E-state index contributed by atoms with van der Waals surface area (Å²) in [6, 6.07) is 9.36. The van der Waals surface area contributed by atoms with Gasteiger partial charge in [0, 0.05) is 16.8 Å². The van der Waals surface area contributed by atoms with E-state index >= 15 is 0 Å². The highest BCUT2D eigenvalue weighted by molar-refractivity contribution is 5.90. The Hall–Kier alpha value is -2.93. The zero-order chi connectivity index (χ0) is 18.8. The Morgan fingerprint density at radius 3 is 2.50 bits per heavy atom. The van der Waals surface area contributed by atoms with Crippen LogP contribution in [-0.2, 0) is 4.74 Å². The minimum absolute atomic E-state index is 0.217. The van der Waals surface area contributed by atoms with Gasteiger partial charge in [-0.2, -0.15) is 0 Å². The Kier molecular flexibility index (Phi) is 4.90. The van der Waals surface area contributed by atoms with Gasteiger partial charge in [0.05, 0.1) is 6.10 Å². The first kappa shape index (κ1) is 17.9. The number of benzene rings is 1. The largest absolute Gasteiger partial charge is 0.448 e. The second kappa shape index (κ2) is 7.13. The van der Waals surface area contributed by atoms with Gasteiger partial charge in [0.15, 0.2) is 6.10 Å². The third-order valence-electron chi connectivity index (χ3n) is 4.21. The van der Waals surface area contributed by atoms with Crippen LogP contribution in [0.25, 0.3) is 11.5 Å². The average Bonchev–Trinajstić information content (AvgIpc) is 3.20. The molecule has 2 N–H and O–H groups in total. The molecule has 0 bridgehead atoms. The molecule has 7 nitrogen and oxygen atoms in total. The molecule has 1 aromatic carbocycles. The maximum atomic E-state index is 12.5. The van der Waals surface area contributed by atoms with Gasteiger partial charge in [-0.05, 0) is 45.4 Å². The van der Waals surface area contributed by atoms with Gasteiger partial charge in [0.2, 0.25) is 5.89 Å². The molecule has 0 amide bonds. The second-order valence-electron chi connectivity index (χ2n) is 6.20. The van der Waals surface area contributed by atoms with E-state index in [1.54, 1.807) is 27.7 Å². The highest BCUT2D eigenvalue weighted by Crippen LogP contribution is 2.27. The highest BCUT2D eigenvalue weighted by Gasteiger charge is 2.25. The summed E-state index contributed by atoms with van der Waals surface area (Å²) in [6.07, 6.45) is -1.37. The van der Waals surface area contributed by atoms with Gasteiger partial charge >= 0.3 is 5.97 Å². The number of aliphatic hydroxyl groups is 1. The molecule has 0 aliphatic heterocycles. The van der Waals surface area contributed by atoms with Crippen LogP contribution in [0.5, 0.6) is 0 Å². The summed E-state index contributed by atoms with van der Waals surface area (Å²) in [7, 11) is 0. The quantitative estimate of drug-likeness (QED) is 0.677. The average molecular weight is 355 g/mol. The smallest absolute Gasteiger partial charge is 0.355 e. The lowest BCUT2D eigenvalue weighted by molar-refractivity contribution is 0.0272. The standard InChI is InChI=1S/C19H21N3O4/c1-10-15(12(3)23)11(2)20-16(10)19(24)25-13(4)17-21-22-18(26-17)14-8-6-5-7-9-14/h5-9,12-13,20,23H,1-4H3/t12-,13+/m0/s1. The molecule has 0 aliphatic carbocycles. The van der Waals surface area contributed by atoms with Crippen molar-refractivity contribution in [3.8, 4) is 11.5 Å². The van der Waals surface area contributed by atoms with Crippen molar-refractivity contribution in [2.75, 3.05) is 0 Å². The fraction of sp³-hybridized carbons (Fsp3) is 0.316. The number of aromatic amines is 1. The fourth-order valence-corrected chi connectivity index (χ4v) is 2.96. The number of carbonyl (C=O) groups excluding carboxylic acids is 1. The number of aryl methyl sites for hydroxylation is 1. The zero-order valence-corrected chi connectivity index (χ0v) is 15.1. The molecule has 3 rings (SSSR count). The number of aliphatic hydroxyl groups excluding tert-OH is 1. The van der Waals surface area contributed by atoms with Gasteiger partial charge in [0.25, 0.3) is 5.89 Å². The molecule has 2 aromatic heterocycles. The molecule has 0 unspecified atom stereocenters. The summed E-state index contributed by atoms with van der Waals surface area (Å²) in [5.74, 6) is 0.0464. The van der Waals surface area contributed by atoms with Crippen LogP contribution in [0, 0.1) is 13.8 Å². The number of H-pyrrole nitrogens is 1. The van der Waals surface area contributed by atoms with Crippen molar-refractivity contribution in [3.05, 3.63) is 58.7 Å². The summed E-state index contributed by atoms with van der Waals surface area (Å²) in [5, 5.41) is 17.8. The monoisotopic (exact) mass is 355 g/mol. The highest BCUT2D eigenvalue weighted by atomic mass is 16.6. The number of esters is 1. The van der Waals surface area contributed by atoms with Crippen molar-refractivity contribution in [1.82, 2.24) is 15.2 Å². The topological polar surface area (TPSA) is 101 Å². The third kappa shape index (κ3) is 3.39. The van der Waals surface area contributed by atoms with E-state index in [4.69, 9.17) is 9.15 Å². The van der Waals surface area contributed by atoms with Crippen molar-refractivity contribution in [2.45, 2.75) is 39.9 Å². The number of carbonyl (C=O) groups is 1. The second-order valence-corrected chi connectivity index (χ2v) is 6.20. The van der Waals surface area contributed by atoms with Crippen LogP contribution in [0.3, 0.4) is 0 Å². The van der Waals surface area contributed by atoms with Crippen molar-refractivity contribution >= 4 is 5.97 Å². The van der Waals surface area contributed by atoms with E-state index in [2.05, 4.69) is 15.2 Å². The molecule has 7 heteroatoms. The molecule has 0 radical (unpaired) electrons. The van der Waals surface area contributed by atoms with Crippen molar-refractivity contribution in [2.24, 2.45) is 0 Å². The lowest BCUT2D eigenvalue weighted by atomic mass is 10.1. The van der Waals surface area contributed by atoms with E-state index in [-0.39, 0.29) is 5.89 Å². The number of hydrogen-bond donors (Lipinski definition) is 2. The van der Waals surface area contributed by atoms with Crippen LogP contribution in [-0.4, -0.2) is 26.3 Å². The molecule has 2 heterocycles. The van der Waals surface area contributed by atoms with Gasteiger partial charge in [-0.15, -0.1) is 10.2 Å². The maximum absolute atomic E-state index is 12.5. The van der Waals surface area contributed by atoms with Crippen molar-refractivity contribution in [3.63, 3.8) is 0 Å². The lowest BCUT2D eigenvalue weighted by Crippen LogP contribution is -2.11. The molecule has 3 aromatic rings. The molecule has 2 atom stereocenters. The normalized spacial score (nSPS) is 13.4. The van der Waals surface area contributed by atoms with Crippen LogP contribution in [0.2, 0.25) is 0 Å². The Morgan fingerprint density at radius 1 is 1.19 bits per heavy atom. The van der Waals surface area contributed by atoms with Crippen LogP contribution < -0.4 is 0 Å². The number of aromatic nitrogens is 3. The number of hydrogen-bond acceptors (Lipinski definition) is 6. The first-order valence-electron chi connectivity index (χ1n) is 8.35. The molecule has 0 spiro atoms. The van der Waals surface area contributed by atoms with Crippen molar-refractivity contribution in [1.29, 1.82) is 0 Å². The number of ether oxygens (including phenoxy) is 1. The maximum Gasteiger partial charge on any atom is 0.355 e. The van der Waals surface area contributed by atoms with E-state index in [1.807, 2.05) is 30.3 Å². The van der Waals surface area contributed by atoms with Gasteiger partial charge in [-0.25, -0.2) is 4.79 Å². The number of nitrogens with one attached hydrogen (secondary N) is 1. The van der Waals surface area contributed by atoms with Gasteiger partial charge in [-0.1, -0.05) is 18.2 Å². The summed E-state index contributed by atoms with van der Waals surface area (Å²) in [4.78, 5) is 15.5. The molecular weight excluding hydrogens is 334 g/mol. The van der Waals surface area contributed by atoms with Crippen LogP contribution in [0.15, 0.2) is 34.7 Å². The molecule has 0 saturated carbocycles. The van der Waals surface area contributed by atoms with E-state index in [0.717, 1.165) is 11.3 Å². The Labute approximate surface area is 151 Å². The molecular formula is C19H21N3O4. The Bertz CT molecular complexity index is 912. The Balaban J connectivity index is 1.76. The SMILES string of the molecule is Cc1[nH]c(C(=O)O[C@H](C)c2nnc(-c3ccccc3)o2)c(C)c1[C@H](C)O. The van der Waals surface area contributed by atoms with E-state index in [0.29, 0.717) is 22.7 Å². The predicted molar refractivity (Wildman–Crippen MR) is 94.5 cm³/mol. The summed E-state index contributed by atoms with van der Waals surface area (Å²) in [6.45, 7) is 6.90. The lowest BCUT2D eigenvalue weighted by Gasteiger charge is -2.09. The molecule has 0 aliphatic rings. The molecule has 26 heavy (non-hydrogen) atoms. The number of rotatable bonds is 5. The number of nitrogens with zero attached hydrogens (tertiary/aromatic N) is 2. The minimum Gasteiger partial charge on any atom is -0.448 e. The molecule has 0 saturated heterocycles. The summed E-state index contributed by atoms with van der Waals surface area (Å²) >= 11 is 0. The minimum atomic E-state index is -0.703. The summed E-state index contributed by atoms with van der Waals surface area (Å²) < 4.78 is 11.1.